The first kappa shape index (κ1) is 17.6. The lowest BCUT2D eigenvalue weighted by molar-refractivity contribution is 0.0407. The summed E-state index contributed by atoms with van der Waals surface area (Å²) in [4.78, 5) is 15.5. The first-order valence-corrected chi connectivity index (χ1v) is 8.50. The smallest absolute Gasteiger partial charge is 0.409 e. The molecule has 0 radical (unpaired) electrons. The van der Waals surface area contributed by atoms with Gasteiger partial charge in [-0.1, -0.05) is 0 Å². The summed E-state index contributed by atoms with van der Waals surface area (Å²) in [6.45, 7) is 5.72. The van der Waals surface area contributed by atoms with Crippen molar-refractivity contribution in [1.82, 2.24) is 9.80 Å². The lowest BCUT2D eigenvalue weighted by Gasteiger charge is -2.34. The maximum absolute atomic E-state index is 11.7. The second kappa shape index (κ2) is 8.26. The molecule has 0 bridgehead atoms. The van der Waals surface area contributed by atoms with Crippen molar-refractivity contribution in [3.05, 3.63) is 18.2 Å². The van der Waals surface area contributed by atoms with Crippen molar-refractivity contribution in [3.8, 4) is 17.2 Å². The molecule has 1 saturated heterocycles. The van der Waals surface area contributed by atoms with Gasteiger partial charge in [0, 0.05) is 38.8 Å². The van der Waals surface area contributed by atoms with Crippen LogP contribution in [0.15, 0.2) is 18.2 Å². The molecule has 8 heteroatoms. The Bertz CT molecular complexity index is 589. The number of rotatable bonds is 6. The van der Waals surface area contributed by atoms with Crippen LogP contribution in [0.5, 0.6) is 17.2 Å². The van der Waals surface area contributed by atoms with E-state index in [9.17, 15) is 9.90 Å². The zero-order chi connectivity index (χ0) is 17.6. The van der Waals surface area contributed by atoms with Gasteiger partial charge in [0.15, 0.2) is 11.5 Å². The second-order valence-electron chi connectivity index (χ2n) is 5.97. The van der Waals surface area contributed by atoms with Gasteiger partial charge >= 0.3 is 6.09 Å². The number of hydrogen-bond acceptors (Lipinski definition) is 7. The van der Waals surface area contributed by atoms with Gasteiger partial charge < -0.3 is 29.0 Å². The Balaban J connectivity index is 1.38. The van der Waals surface area contributed by atoms with E-state index in [0.29, 0.717) is 56.6 Å². The van der Waals surface area contributed by atoms with Gasteiger partial charge in [-0.15, -0.1) is 0 Å². The summed E-state index contributed by atoms with van der Waals surface area (Å²) in [6, 6.07) is 5.34. The number of fused-ring (bicyclic) bond motifs is 1. The minimum absolute atomic E-state index is 0.192. The van der Waals surface area contributed by atoms with Gasteiger partial charge in [0.1, 0.15) is 18.5 Å². The van der Waals surface area contributed by atoms with Crippen LogP contribution in [0.1, 0.15) is 6.92 Å². The fourth-order valence-electron chi connectivity index (χ4n) is 2.84. The molecule has 1 aromatic carbocycles. The molecule has 1 aromatic rings. The minimum Gasteiger partial charge on any atom is -0.491 e. The molecule has 25 heavy (non-hydrogen) atoms. The number of aliphatic hydroxyl groups is 1. The first-order chi connectivity index (χ1) is 12.2. The average Bonchev–Trinajstić information content (AvgIpc) is 3.08. The normalized spacial score (nSPS) is 18.1. The average molecular weight is 352 g/mol. The maximum Gasteiger partial charge on any atom is 0.409 e. The van der Waals surface area contributed by atoms with Crippen LogP contribution in [-0.4, -0.2) is 79.8 Å². The van der Waals surface area contributed by atoms with E-state index in [0.717, 1.165) is 0 Å². The SMILES string of the molecule is CCOC(=O)N1CCN(C[C@@H](O)COc2ccc3c(c2)OCO3)CC1. The largest absolute Gasteiger partial charge is 0.491 e. The summed E-state index contributed by atoms with van der Waals surface area (Å²) in [5, 5.41) is 10.2. The van der Waals surface area contributed by atoms with E-state index < -0.39 is 6.10 Å². The van der Waals surface area contributed by atoms with Crippen molar-refractivity contribution in [2.45, 2.75) is 13.0 Å². The van der Waals surface area contributed by atoms with E-state index in [2.05, 4.69) is 4.90 Å². The number of amides is 1. The molecule has 0 aliphatic carbocycles. The maximum atomic E-state index is 11.7. The molecular formula is C17H24N2O6. The summed E-state index contributed by atoms with van der Waals surface area (Å²) < 4.78 is 21.2. The second-order valence-corrected chi connectivity index (χ2v) is 5.97. The van der Waals surface area contributed by atoms with Crippen LogP contribution in [0.4, 0.5) is 4.79 Å². The molecule has 8 nitrogen and oxygen atoms in total. The number of aliphatic hydroxyl groups excluding tert-OH is 1. The van der Waals surface area contributed by atoms with Crippen molar-refractivity contribution in [3.63, 3.8) is 0 Å². The number of hydrogen-bond donors (Lipinski definition) is 1. The molecule has 1 amide bonds. The molecule has 3 rings (SSSR count). The molecule has 1 N–H and O–H groups in total. The lowest BCUT2D eigenvalue weighted by atomic mass is 10.2. The fraction of sp³-hybridized carbons (Fsp3) is 0.588. The molecule has 0 unspecified atom stereocenters. The zero-order valence-electron chi connectivity index (χ0n) is 14.3. The summed E-state index contributed by atoms with van der Waals surface area (Å²) in [7, 11) is 0. The standard InChI is InChI=1S/C17H24N2O6/c1-2-22-17(21)19-7-5-18(6-8-19)10-13(20)11-23-14-3-4-15-16(9-14)25-12-24-15/h3-4,9,13,20H,2,5-8,10-12H2,1H3/t13-/m1/s1. The number of piperazine rings is 1. The number of nitrogens with zero attached hydrogens (tertiary/aromatic N) is 2. The molecule has 1 atom stereocenters. The molecule has 138 valence electrons. The van der Waals surface area contributed by atoms with E-state index in [1.54, 1.807) is 30.0 Å². The molecule has 2 heterocycles. The zero-order valence-corrected chi connectivity index (χ0v) is 14.3. The van der Waals surface area contributed by atoms with Gasteiger partial charge in [-0.25, -0.2) is 4.79 Å². The van der Waals surface area contributed by atoms with Crippen LogP contribution in [-0.2, 0) is 4.74 Å². The van der Waals surface area contributed by atoms with Gasteiger partial charge in [0.05, 0.1) is 6.61 Å². The van der Waals surface area contributed by atoms with Gasteiger partial charge in [-0.05, 0) is 19.1 Å². The van der Waals surface area contributed by atoms with Crippen molar-refractivity contribution in [1.29, 1.82) is 0 Å². The van der Waals surface area contributed by atoms with Crippen LogP contribution in [0.25, 0.3) is 0 Å². The van der Waals surface area contributed by atoms with E-state index in [1.807, 2.05) is 0 Å². The Labute approximate surface area is 146 Å². The summed E-state index contributed by atoms with van der Waals surface area (Å²) in [6.07, 6.45) is -0.881. The Kier molecular flexibility index (Phi) is 5.83. The lowest BCUT2D eigenvalue weighted by Crippen LogP contribution is -2.51. The number of carbonyl (C=O) groups is 1. The van der Waals surface area contributed by atoms with Gasteiger partial charge in [0.25, 0.3) is 0 Å². The highest BCUT2D eigenvalue weighted by Crippen LogP contribution is 2.35. The highest BCUT2D eigenvalue weighted by atomic mass is 16.7. The van der Waals surface area contributed by atoms with Gasteiger partial charge in [0.2, 0.25) is 6.79 Å². The van der Waals surface area contributed by atoms with Crippen LogP contribution in [0, 0.1) is 0 Å². The molecule has 1 fully saturated rings. The van der Waals surface area contributed by atoms with Crippen molar-refractivity contribution >= 4 is 6.09 Å². The summed E-state index contributed by atoms with van der Waals surface area (Å²) in [5.41, 5.74) is 0. The molecule has 0 saturated carbocycles. The van der Waals surface area contributed by atoms with Crippen LogP contribution < -0.4 is 14.2 Å². The number of carbonyl (C=O) groups excluding carboxylic acids is 1. The van der Waals surface area contributed by atoms with Gasteiger partial charge in [-0.2, -0.15) is 0 Å². The molecular weight excluding hydrogens is 328 g/mol. The van der Waals surface area contributed by atoms with Crippen LogP contribution in [0.3, 0.4) is 0 Å². The fourth-order valence-corrected chi connectivity index (χ4v) is 2.84. The Morgan fingerprint density at radius 1 is 1.24 bits per heavy atom. The topological polar surface area (TPSA) is 80.7 Å². The predicted molar refractivity (Wildman–Crippen MR) is 89.1 cm³/mol. The van der Waals surface area contributed by atoms with E-state index in [4.69, 9.17) is 18.9 Å². The highest BCUT2D eigenvalue weighted by Gasteiger charge is 2.23. The number of benzene rings is 1. The molecule has 0 spiro atoms. The molecule has 2 aliphatic rings. The van der Waals surface area contributed by atoms with Crippen molar-refractivity contribution < 1.29 is 28.8 Å². The van der Waals surface area contributed by atoms with Crippen molar-refractivity contribution in [2.24, 2.45) is 0 Å². The van der Waals surface area contributed by atoms with Crippen molar-refractivity contribution in [2.75, 3.05) is 52.7 Å². The van der Waals surface area contributed by atoms with E-state index >= 15 is 0 Å². The van der Waals surface area contributed by atoms with E-state index in [-0.39, 0.29) is 19.5 Å². The molecule has 2 aliphatic heterocycles. The Hall–Kier alpha value is -2.19. The Morgan fingerprint density at radius 3 is 2.76 bits per heavy atom. The molecule has 0 aromatic heterocycles. The van der Waals surface area contributed by atoms with Crippen LogP contribution >= 0.6 is 0 Å². The quantitative estimate of drug-likeness (QED) is 0.816. The number of ether oxygens (including phenoxy) is 4. The third-order valence-corrected chi connectivity index (χ3v) is 4.15. The summed E-state index contributed by atoms with van der Waals surface area (Å²) in [5.74, 6) is 1.99. The van der Waals surface area contributed by atoms with E-state index in [1.165, 1.54) is 0 Å². The highest BCUT2D eigenvalue weighted by molar-refractivity contribution is 5.67. The summed E-state index contributed by atoms with van der Waals surface area (Å²) >= 11 is 0. The Morgan fingerprint density at radius 2 is 2.00 bits per heavy atom. The third-order valence-electron chi connectivity index (χ3n) is 4.15. The monoisotopic (exact) mass is 352 g/mol. The van der Waals surface area contributed by atoms with Crippen LogP contribution in [0.2, 0.25) is 0 Å². The predicted octanol–water partition coefficient (Wildman–Crippen LogP) is 0.929. The third kappa shape index (κ3) is 4.67. The van der Waals surface area contributed by atoms with Gasteiger partial charge in [-0.3, -0.25) is 4.90 Å². The first-order valence-electron chi connectivity index (χ1n) is 8.50. The number of β-amino-alcohol motifs (C(OH)–C–C–N with tert-alkyl or cyclic N) is 1. The minimum atomic E-state index is -0.612.